The first-order valence-electron chi connectivity index (χ1n) is 9.07. The minimum atomic E-state index is -0.0875. The first kappa shape index (κ1) is 17.3. The van der Waals surface area contributed by atoms with Gasteiger partial charge in [-0.25, -0.2) is 4.98 Å². The fraction of sp³-hybridized carbons (Fsp3) is 0.350. The highest BCUT2D eigenvalue weighted by atomic mass is 16.6. The van der Waals surface area contributed by atoms with E-state index in [9.17, 15) is 4.79 Å². The van der Waals surface area contributed by atoms with Crippen LogP contribution in [-0.4, -0.2) is 45.5 Å². The summed E-state index contributed by atoms with van der Waals surface area (Å²) in [7, 11) is 1.52. The summed E-state index contributed by atoms with van der Waals surface area (Å²) in [5.41, 5.74) is 1.15. The van der Waals surface area contributed by atoms with E-state index in [0.29, 0.717) is 30.7 Å². The van der Waals surface area contributed by atoms with Crippen LogP contribution < -0.4 is 4.74 Å². The first-order valence-corrected chi connectivity index (χ1v) is 9.07. The number of carbonyl (C=O) groups is 1. The Morgan fingerprint density at radius 2 is 2.11 bits per heavy atom. The van der Waals surface area contributed by atoms with Crippen molar-refractivity contribution in [2.24, 2.45) is 0 Å². The van der Waals surface area contributed by atoms with Gasteiger partial charge in [-0.3, -0.25) is 9.78 Å². The van der Waals surface area contributed by atoms with Crippen molar-refractivity contribution in [2.75, 3.05) is 20.2 Å². The number of amides is 1. The summed E-state index contributed by atoms with van der Waals surface area (Å²) in [5, 5.41) is 0. The first-order chi connectivity index (χ1) is 13.2. The number of furan rings is 1. The number of piperidine rings is 1. The van der Waals surface area contributed by atoms with Gasteiger partial charge < -0.3 is 18.6 Å². The summed E-state index contributed by atoms with van der Waals surface area (Å²) in [6.45, 7) is 2.13. The predicted octanol–water partition coefficient (Wildman–Crippen LogP) is 2.95. The molecule has 4 rings (SSSR count). The fourth-order valence-corrected chi connectivity index (χ4v) is 3.54. The molecule has 1 amide bonds. The zero-order valence-electron chi connectivity index (χ0n) is 15.2. The Morgan fingerprint density at radius 3 is 2.81 bits per heavy atom. The van der Waals surface area contributed by atoms with Crippen molar-refractivity contribution in [1.82, 2.24) is 19.4 Å². The van der Waals surface area contributed by atoms with Gasteiger partial charge in [0.1, 0.15) is 5.82 Å². The Labute approximate surface area is 157 Å². The molecule has 1 aliphatic heterocycles. The van der Waals surface area contributed by atoms with Crippen molar-refractivity contribution in [3.8, 4) is 5.95 Å². The number of imidazole rings is 1. The van der Waals surface area contributed by atoms with Crippen LogP contribution in [0.1, 0.15) is 40.7 Å². The van der Waals surface area contributed by atoms with Crippen molar-refractivity contribution in [2.45, 2.75) is 25.3 Å². The Bertz CT molecular complexity index is 895. The quantitative estimate of drug-likeness (QED) is 0.694. The van der Waals surface area contributed by atoms with E-state index in [1.807, 2.05) is 29.6 Å². The molecule has 1 saturated heterocycles. The third-order valence-corrected chi connectivity index (χ3v) is 4.96. The lowest BCUT2D eigenvalue weighted by molar-refractivity contribution is 0.0672. The molecule has 3 aromatic rings. The number of nitrogens with zero attached hydrogens (tertiary/aromatic N) is 4. The smallest absolute Gasteiger partial charge is 0.289 e. The maximum atomic E-state index is 12.6. The van der Waals surface area contributed by atoms with Crippen LogP contribution in [0, 0.1) is 0 Å². The van der Waals surface area contributed by atoms with E-state index < -0.39 is 0 Å². The molecule has 0 unspecified atom stereocenters. The van der Waals surface area contributed by atoms with E-state index in [1.54, 1.807) is 18.3 Å². The molecule has 0 bridgehead atoms. The largest absolute Gasteiger partial charge is 0.468 e. The van der Waals surface area contributed by atoms with Crippen molar-refractivity contribution in [3.63, 3.8) is 0 Å². The number of rotatable bonds is 5. The van der Waals surface area contributed by atoms with Gasteiger partial charge in [0.25, 0.3) is 11.9 Å². The molecule has 0 N–H and O–H groups in total. The number of aromatic nitrogens is 3. The highest BCUT2D eigenvalue weighted by Crippen LogP contribution is 2.28. The maximum Gasteiger partial charge on any atom is 0.289 e. The number of ether oxygens (including phenoxy) is 1. The minimum absolute atomic E-state index is 0.0875. The van der Waals surface area contributed by atoms with Gasteiger partial charge in [-0.05, 0) is 30.5 Å². The molecule has 0 aliphatic carbocycles. The molecule has 7 nitrogen and oxygen atoms in total. The minimum Gasteiger partial charge on any atom is -0.468 e. The molecule has 0 atom stereocenters. The van der Waals surface area contributed by atoms with Crippen LogP contribution in [0.3, 0.4) is 0 Å². The molecule has 140 valence electrons. The summed E-state index contributed by atoms with van der Waals surface area (Å²) in [4.78, 5) is 23.2. The van der Waals surface area contributed by atoms with Gasteiger partial charge in [0, 0.05) is 49.9 Å². The van der Waals surface area contributed by atoms with E-state index in [0.717, 1.165) is 30.8 Å². The third-order valence-electron chi connectivity index (χ3n) is 4.96. The van der Waals surface area contributed by atoms with E-state index in [1.165, 1.54) is 7.11 Å². The maximum absolute atomic E-state index is 12.6. The molecule has 4 heterocycles. The summed E-state index contributed by atoms with van der Waals surface area (Å²) >= 11 is 0. The Kier molecular flexibility index (Phi) is 4.91. The molecule has 0 saturated carbocycles. The number of hydrogen-bond donors (Lipinski definition) is 0. The van der Waals surface area contributed by atoms with Gasteiger partial charge in [-0.1, -0.05) is 6.07 Å². The summed E-state index contributed by atoms with van der Waals surface area (Å²) in [5.74, 6) is 2.00. The highest BCUT2D eigenvalue weighted by Gasteiger charge is 2.28. The topological polar surface area (TPSA) is 73.4 Å². The Hall–Kier alpha value is -3.09. The second kappa shape index (κ2) is 7.65. The lowest BCUT2D eigenvalue weighted by atomic mass is 9.95. The van der Waals surface area contributed by atoms with Crippen LogP contribution >= 0.6 is 0 Å². The van der Waals surface area contributed by atoms with E-state index in [4.69, 9.17) is 9.15 Å². The monoisotopic (exact) mass is 366 g/mol. The van der Waals surface area contributed by atoms with Crippen LogP contribution in [0.2, 0.25) is 0 Å². The molecule has 0 spiro atoms. The van der Waals surface area contributed by atoms with Crippen molar-refractivity contribution in [1.29, 1.82) is 0 Å². The number of likely N-dealkylation sites (tertiary alicyclic amines) is 1. The molecule has 7 heteroatoms. The fourth-order valence-electron chi connectivity index (χ4n) is 3.54. The highest BCUT2D eigenvalue weighted by molar-refractivity contribution is 5.91. The number of hydrogen-bond acceptors (Lipinski definition) is 5. The van der Waals surface area contributed by atoms with E-state index in [2.05, 4.69) is 20.6 Å². The van der Waals surface area contributed by atoms with Gasteiger partial charge in [0.05, 0.1) is 13.7 Å². The zero-order valence-corrected chi connectivity index (χ0v) is 15.2. The third kappa shape index (κ3) is 3.72. The predicted molar refractivity (Wildman–Crippen MR) is 98.7 cm³/mol. The van der Waals surface area contributed by atoms with Crippen molar-refractivity contribution < 1.29 is 13.9 Å². The van der Waals surface area contributed by atoms with Gasteiger partial charge in [-0.15, -0.1) is 0 Å². The molecule has 1 fully saturated rings. The van der Waals surface area contributed by atoms with Crippen LogP contribution in [0.25, 0.3) is 0 Å². The number of carbonyl (C=O) groups excluding carboxylic acids is 1. The van der Waals surface area contributed by atoms with Crippen molar-refractivity contribution >= 4 is 5.91 Å². The molecular weight excluding hydrogens is 344 g/mol. The summed E-state index contributed by atoms with van der Waals surface area (Å²) in [6.07, 6.45) is 9.27. The molecule has 0 radical (unpaired) electrons. The second-order valence-electron chi connectivity index (χ2n) is 6.66. The van der Waals surface area contributed by atoms with Gasteiger partial charge in [0.15, 0.2) is 5.76 Å². The average molecular weight is 366 g/mol. The summed E-state index contributed by atoms with van der Waals surface area (Å²) < 4.78 is 12.6. The molecule has 27 heavy (non-hydrogen) atoms. The molecule has 0 aromatic carbocycles. The zero-order chi connectivity index (χ0) is 18.6. The Morgan fingerprint density at radius 1 is 1.26 bits per heavy atom. The van der Waals surface area contributed by atoms with Crippen LogP contribution in [0.5, 0.6) is 5.95 Å². The van der Waals surface area contributed by atoms with Crippen LogP contribution in [0.15, 0.2) is 53.5 Å². The van der Waals surface area contributed by atoms with Gasteiger partial charge >= 0.3 is 0 Å². The second-order valence-corrected chi connectivity index (χ2v) is 6.66. The normalized spacial score (nSPS) is 15.1. The standard InChI is InChI=1S/C20H22N4O3/c1-26-18-5-4-17(27-18)20(25)23-10-6-16(7-11-23)19-22-9-12-24(19)14-15-3-2-8-21-13-15/h2-5,8-9,12-13,16H,6-7,10-11,14H2,1H3. The lowest BCUT2D eigenvalue weighted by Crippen LogP contribution is -2.38. The lowest BCUT2D eigenvalue weighted by Gasteiger charge is -2.31. The summed E-state index contributed by atoms with van der Waals surface area (Å²) in [6, 6.07) is 7.33. The Balaban J connectivity index is 1.40. The average Bonchev–Trinajstić information content (AvgIpc) is 3.38. The van der Waals surface area contributed by atoms with Crippen LogP contribution in [0.4, 0.5) is 0 Å². The van der Waals surface area contributed by atoms with Gasteiger partial charge in [-0.2, -0.15) is 0 Å². The molecule has 1 aliphatic rings. The number of pyridine rings is 1. The van der Waals surface area contributed by atoms with Crippen LogP contribution in [-0.2, 0) is 6.54 Å². The molecule has 3 aromatic heterocycles. The SMILES string of the molecule is COc1ccc(C(=O)N2CCC(c3nccn3Cc3cccnc3)CC2)o1. The molecular formula is C20H22N4O3. The number of methoxy groups -OCH3 is 1. The van der Waals surface area contributed by atoms with E-state index >= 15 is 0 Å². The van der Waals surface area contributed by atoms with E-state index in [-0.39, 0.29) is 5.91 Å². The van der Waals surface area contributed by atoms with Crippen molar-refractivity contribution in [3.05, 3.63) is 66.2 Å². The van der Waals surface area contributed by atoms with Gasteiger partial charge in [0.2, 0.25) is 0 Å².